The van der Waals surface area contributed by atoms with Gasteiger partial charge in [0.05, 0.1) is 45.6 Å². The molecule has 0 spiro atoms. The van der Waals surface area contributed by atoms with E-state index >= 15 is 4.39 Å². The first-order chi connectivity index (χ1) is 21.0. The lowest BCUT2D eigenvalue weighted by atomic mass is 10.0. The summed E-state index contributed by atoms with van der Waals surface area (Å²) in [5.74, 6) is -1.05. The molecule has 0 unspecified atom stereocenters. The molecular weight excluding hydrogens is 583 g/mol. The maximum absolute atomic E-state index is 15.2. The van der Waals surface area contributed by atoms with E-state index in [0.717, 1.165) is 0 Å². The van der Waals surface area contributed by atoms with Crippen LogP contribution in [0, 0.1) is 12.4 Å². The van der Waals surface area contributed by atoms with E-state index in [2.05, 4.69) is 21.4 Å². The predicted molar refractivity (Wildman–Crippen MR) is 171 cm³/mol. The fraction of sp³-hybridized carbons (Fsp3) is 0.312. The Morgan fingerprint density at radius 2 is 1.75 bits per heavy atom. The first-order valence-electron chi connectivity index (χ1n) is 14.2. The molecule has 0 saturated carbocycles. The van der Waals surface area contributed by atoms with Gasteiger partial charge in [-0.1, -0.05) is 51.9 Å². The first kappa shape index (κ1) is 30.6. The highest BCUT2D eigenvalue weighted by atomic mass is 35.5. The van der Waals surface area contributed by atoms with Crippen molar-refractivity contribution in [2.45, 2.75) is 39.5 Å². The Bertz CT molecular complexity index is 1860. The van der Waals surface area contributed by atoms with Crippen LogP contribution in [0.1, 0.15) is 50.9 Å². The van der Waals surface area contributed by atoms with Crippen LogP contribution in [0.15, 0.2) is 48.0 Å². The van der Waals surface area contributed by atoms with Gasteiger partial charge in [0.15, 0.2) is 0 Å². The van der Waals surface area contributed by atoms with Crippen LogP contribution in [-0.4, -0.2) is 56.5 Å². The van der Waals surface area contributed by atoms with Gasteiger partial charge in [-0.25, -0.2) is 24.2 Å². The van der Waals surface area contributed by atoms with Crippen LogP contribution in [0.25, 0.3) is 32.8 Å². The topological polar surface area (TPSA) is 115 Å². The number of rotatable bonds is 6. The van der Waals surface area contributed by atoms with E-state index in [0.29, 0.717) is 54.3 Å². The lowest BCUT2D eigenvalue weighted by molar-refractivity contribution is -0.126. The number of fused-ring (bicyclic) bond motifs is 1. The number of amides is 1. The number of piperazine rings is 1. The lowest BCUT2D eigenvalue weighted by Gasteiger charge is -2.37. The summed E-state index contributed by atoms with van der Waals surface area (Å²) in [6.07, 6.45) is 2.72. The zero-order chi connectivity index (χ0) is 31.9. The molecule has 0 atom stereocenters. The second-order valence-electron chi connectivity index (χ2n) is 11.2. The summed E-state index contributed by atoms with van der Waals surface area (Å²) >= 11 is 6.82. The number of aromatic nitrogens is 4. The van der Waals surface area contributed by atoms with Crippen LogP contribution < -0.4 is 16.2 Å². The van der Waals surface area contributed by atoms with Crippen LogP contribution in [0.2, 0.25) is 5.02 Å². The van der Waals surface area contributed by atoms with Crippen molar-refractivity contribution >= 4 is 45.6 Å². The quantitative estimate of drug-likeness (QED) is 0.165. The Kier molecular flexibility index (Phi) is 8.39. The van der Waals surface area contributed by atoms with Crippen molar-refractivity contribution in [2.75, 3.05) is 36.8 Å². The highest BCUT2D eigenvalue weighted by Crippen LogP contribution is 2.41. The normalized spacial score (nSPS) is 13.5. The molecule has 10 nitrogen and oxygen atoms in total. The standard InChI is InChI=1S/C32H32ClFN8O2/c1-7-23(43)40-11-13-41(14-12-40)29-19-15-20(33)27(24-21(34)9-8-10-22(24)35)39-31(19)42(32(44)28(29)36-6)30-25(17(2)3)37-16-38-26(30)18(4)5/h7-10,15-18H,1,11-14,35H2,2-5H3. The number of hydrogen-bond acceptors (Lipinski definition) is 7. The molecule has 2 N–H and O–H groups in total. The molecule has 4 heterocycles. The minimum absolute atomic E-state index is 0.00299. The van der Waals surface area contributed by atoms with E-state index in [1.165, 1.54) is 29.1 Å². The van der Waals surface area contributed by atoms with Crippen LogP contribution >= 0.6 is 11.6 Å². The molecule has 12 heteroatoms. The van der Waals surface area contributed by atoms with E-state index in [4.69, 9.17) is 28.9 Å². The fourth-order valence-corrected chi connectivity index (χ4v) is 5.86. The van der Waals surface area contributed by atoms with Crippen molar-refractivity contribution in [2.24, 2.45) is 0 Å². The minimum atomic E-state index is -0.623. The van der Waals surface area contributed by atoms with Gasteiger partial charge in [-0.05, 0) is 36.1 Å². The molecule has 1 aliphatic rings. The molecule has 226 valence electrons. The number of carbonyl (C=O) groups is 1. The molecule has 1 aromatic carbocycles. The van der Waals surface area contributed by atoms with Gasteiger partial charge in [0, 0.05) is 37.3 Å². The third kappa shape index (κ3) is 5.15. The molecular formula is C32H32ClFN8O2. The minimum Gasteiger partial charge on any atom is -0.398 e. The third-order valence-electron chi connectivity index (χ3n) is 7.73. The number of nitrogens with zero attached hydrogens (tertiary/aromatic N) is 7. The molecule has 1 aliphatic heterocycles. The fourth-order valence-electron chi connectivity index (χ4n) is 5.61. The van der Waals surface area contributed by atoms with Gasteiger partial charge >= 0.3 is 0 Å². The Labute approximate surface area is 259 Å². The van der Waals surface area contributed by atoms with E-state index < -0.39 is 11.4 Å². The van der Waals surface area contributed by atoms with Gasteiger partial charge in [0.1, 0.15) is 17.8 Å². The number of nitrogen functional groups attached to an aromatic ring is 1. The van der Waals surface area contributed by atoms with Gasteiger partial charge in [-0.2, -0.15) is 0 Å². The molecule has 1 saturated heterocycles. The highest BCUT2D eigenvalue weighted by Gasteiger charge is 2.31. The van der Waals surface area contributed by atoms with E-state index in [-0.39, 0.29) is 51.0 Å². The summed E-state index contributed by atoms with van der Waals surface area (Å²) in [6, 6.07) is 5.89. The van der Waals surface area contributed by atoms with Crippen LogP contribution in [0.4, 0.5) is 21.5 Å². The molecule has 5 rings (SSSR count). The van der Waals surface area contributed by atoms with E-state index in [1.54, 1.807) is 17.0 Å². The Balaban J connectivity index is 1.92. The lowest BCUT2D eigenvalue weighted by Crippen LogP contribution is -2.48. The van der Waals surface area contributed by atoms with Crippen LogP contribution in [0.3, 0.4) is 0 Å². The average Bonchev–Trinajstić information content (AvgIpc) is 3.00. The maximum atomic E-state index is 15.2. The van der Waals surface area contributed by atoms with Crippen molar-refractivity contribution < 1.29 is 9.18 Å². The summed E-state index contributed by atoms with van der Waals surface area (Å²) < 4.78 is 16.6. The van der Waals surface area contributed by atoms with Crippen molar-refractivity contribution in [3.05, 3.63) is 87.2 Å². The van der Waals surface area contributed by atoms with Gasteiger partial charge in [0.2, 0.25) is 5.91 Å². The second kappa shape index (κ2) is 12.1. The number of halogens is 2. The number of anilines is 2. The number of benzene rings is 1. The summed E-state index contributed by atoms with van der Waals surface area (Å²) in [7, 11) is 0. The molecule has 0 radical (unpaired) electrons. The monoisotopic (exact) mass is 614 g/mol. The van der Waals surface area contributed by atoms with E-state index in [9.17, 15) is 9.59 Å². The van der Waals surface area contributed by atoms with Crippen molar-refractivity contribution in [1.29, 1.82) is 0 Å². The van der Waals surface area contributed by atoms with E-state index in [1.807, 2.05) is 32.6 Å². The highest BCUT2D eigenvalue weighted by molar-refractivity contribution is 6.34. The summed E-state index contributed by atoms with van der Waals surface area (Å²) in [6.45, 7) is 20.9. The summed E-state index contributed by atoms with van der Waals surface area (Å²) in [4.78, 5) is 48.0. The Morgan fingerprint density at radius 3 is 2.30 bits per heavy atom. The smallest absolute Gasteiger partial charge is 0.274 e. The third-order valence-corrected chi connectivity index (χ3v) is 8.01. The van der Waals surface area contributed by atoms with Crippen LogP contribution in [0.5, 0.6) is 0 Å². The summed E-state index contributed by atoms with van der Waals surface area (Å²) in [5, 5.41) is 0.505. The van der Waals surface area contributed by atoms with Gasteiger partial charge < -0.3 is 15.5 Å². The van der Waals surface area contributed by atoms with Crippen molar-refractivity contribution in [3.8, 4) is 16.9 Å². The zero-order valence-electron chi connectivity index (χ0n) is 24.9. The van der Waals surface area contributed by atoms with Crippen molar-refractivity contribution in [1.82, 2.24) is 24.4 Å². The number of hydrogen-bond donors (Lipinski definition) is 1. The SMILES string of the molecule is [C-]#[N+]c1c(N2CCN(C(=O)C=C)CC2)c2cc(Cl)c(-c3c(N)cccc3F)nc2n(-c2c(C(C)C)ncnc2C(C)C)c1=O. The molecule has 0 bridgehead atoms. The molecule has 0 aliphatic carbocycles. The predicted octanol–water partition coefficient (Wildman–Crippen LogP) is 5.85. The van der Waals surface area contributed by atoms with Gasteiger partial charge in [-0.15, -0.1) is 0 Å². The Morgan fingerprint density at radius 1 is 1.11 bits per heavy atom. The van der Waals surface area contributed by atoms with Gasteiger partial charge in [-0.3, -0.25) is 14.2 Å². The van der Waals surface area contributed by atoms with Crippen LogP contribution in [-0.2, 0) is 4.79 Å². The second-order valence-corrected chi connectivity index (χ2v) is 11.6. The zero-order valence-corrected chi connectivity index (χ0v) is 25.7. The number of nitrogens with two attached hydrogens (primary N) is 1. The molecule has 1 amide bonds. The number of carbonyl (C=O) groups excluding carboxylic acids is 1. The Hall–Kier alpha value is -4.82. The average molecular weight is 615 g/mol. The largest absolute Gasteiger partial charge is 0.398 e. The molecule has 1 fully saturated rings. The summed E-state index contributed by atoms with van der Waals surface area (Å²) in [5.41, 5.74) is 7.75. The molecule has 44 heavy (non-hydrogen) atoms. The number of pyridine rings is 2. The maximum Gasteiger partial charge on any atom is 0.274 e. The van der Waals surface area contributed by atoms with Crippen molar-refractivity contribution in [3.63, 3.8) is 0 Å². The molecule has 3 aromatic heterocycles. The van der Waals surface area contributed by atoms with Gasteiger partial charge in [0.25, 0.3) is 11.2 Å². The molecule has 4 aromatic rings. The first-order valence-corrected chi connectivity index (χ1v) is 14.6.